The van der Waals surface area contributed by atoms with E-state index in [1.807, 2.05) is 0 Å². The van der Waals surface area contributed by atoms with Crippen LogP contribution in [0.5, 0.6) is 0 Å². The van der Waals surface area contributed by atoms with E-state index in [1.54, 1.807) is 0 Å². The molecule has 0 saturated carbocycles. The molecule has 2 aliphatic heterocycles. The van der Waals surface area contributed by atoms with E-state index in [-0.39, 0.29) is 0 Å². The Labute approximate surface area is 113 Å². The fourth-order valence-corrected chi connectivity index (χ4v) is 2.56. The molecule has 2 aliphatic rings. The van der Waals surface area contributed by atoms with Gasteiger partial charge in [-0.3, -0.25) is 4.90 Å². The molecular formula is C15H31N3. The first-order chi connectivity index (χ1) is 8.65. The van der Waals surface area contributed by atoms with Crippen molar-refractivity contribution >= 4 is 0 Å². The monoisotopic (exact) mass is 253 g/mol. The molecule has 1 atom stereocenters. The zero-order chi connectivity index (χ0) is 13.4. The molecule has 0 aliphatic carbocycles. The molecule has 1 fully saturated rings. The van der Waals surface area contributed by atoms with Gasteiger partial charge in [-0.2, -0.15) is 0 Å². The molecule has 2 rings (SSSR count). The van der Waals surface area contributed by atoms with Crippen molar-refractivity contribution in [3.63, 3.8) is 0 Å². The maximum Gasteiger partial charge on any atom is 0.0190 e. The fraction of sp³-hybridized carbons (Fsp3) is 0.867. The topological polar surface area (TPSA) is 18.5 Å². The predicted octanol–water partition coefficient (Wildman–Crippen LogP) is 1.96. The number of likely N-dealkylation sites (N-methyl/N-ethyl adjacent to an activating group) is 2. The highest BCUT2D eigenvalue weighted by Gasteiger charge is 2.12. The van der Waals surface area contributed by atoms with Gasteiger partial charge >= 0.3 is 0 Å². The van der Waals surface area contributed by atoms with Gasteiger partial charge in [-0.25, -0.2) is 0 Å². The van der Waals surface area contributed by atoms with E-state index in [0.29, 0.717) is 6.04 Å². The second-order valence-corrected chi connectivity index (χ2v) is 5.46. The molecule has 0 spiro atoms. The highest BCUT2D eigenvalue weighted by molar-refractivity contribution is 5.04. The van der Waals surface area contributed by atoms with Crippen LogP contribution < -0.4 is 5.32 Å². The van der Waals surface area contributed by atoms with Gasteiger partial charge in [0.1, 0.15) is 0 Å². The van der Waals surface area contributed by atoms with Crippen molar-refractivity contribution in [3.05, 3.63) is 11.6 Å². The summed E-state index contributed by atoms with van der Waals surface area (Å²) in [6.07, 6.45) is 3.59. The molecule has 3 heteroatoms. The molecule has 2 heterocycles. The van der Waals surface area contributed by atoms with Gasteiger partial charge in [0.15, 0.2) is 0 Å². The summed E-state index contributed by atoms with van der Waals surface area (Å²) in [4.78, 5) is 4.94. The number of nitrogens with zero attached hydrogens (tertiary/aromatic N) is 2. The van der Waals surface area contributed by atoms with E-state index in [2.05, 4.69) is 48.9 Å². The zero-order valence-electron chi connectivity index (χ0n) is 12.7. The Morgan fingerprint density at radius 1 is 1.22 bits per heavy atom. The molecule has 1 N–H and O–H groups in total. The van der Waals surface area contributed by atoms with Crippen LogP contribution >= 0.6 is 0 Å². The Bertz CT molecular complexity index is 250. The third kappa shape index (κ3) is 5.98. The van der Waals surface area contributed by atoms with E-state index < -0.39 is 0 Å². The number of nitrogens with one attached hydrogen (secondary N) is 1. The zero-order valence-corrected chi connectivity index (χ0v) is 12.7. The number of hydrogen-bond acceptors (Lipinski definition) is 3. The molecule has 0 amide bonds. The summed E-state index contributed by atoms with van der Waals surface area (Å²) >= 11 is 0. The lowest BCUT2D eigenvalue weighted by Crippen LogP contribution is -2.48. The van der Waals surface area contributed by atoms with Gasteiger partial charge in [0.2, 0.25) is 0 Å². The molecule has 1 unspecified atom stereocenters. The number of rotatable bonds is 2. The van der Waals surface area contributed by atoms with Crippen LogP contribution in [0.1, 0.15) is 34.1 Å². The van der Waals surface area contributed by atoms with Gasteiger partial charge < -0.3 is 10.2 Å². The Morgan fingerprint density at radius 2 is 1.94 bits per heavy atom. The minimum atomic E-state index is 0.693. The van der Waals surface area contributed by atoms with Crippen molar-refractivity contribution in [2.45, 2.75) is 40.2 Å². The van der Waals surface area contributed by atoms with E-state index in [1.165, 1.54) is 51.3 Å². The molecule has 106 valence electrons. The first kappa shape index (κ1) is 15.7. The van der Waals surface area contributed by atoms with Crippen molar-refractivity contribution in [3.8, 4) is 0 Å². The first-order valence-electron chi connectivity index (χ1n) is 7.49. The Kier molecular flexibility index (Phi) is 7.56. The molecule has 0 aromatic carbocycles. The quantitative estimate of drug-likeness (QED) is 0.759. The largest absolute Gasteiger partial charge is 0.312 e. The highest BCUT2D eigenvalue weighted by atomic mass is 15.2. The average molecular weight is 253 g/mol. The molecule has 0 radical (unpaired) electrons. The fourth-order valence-electron chi connectivity index (χ4n) is 2.56. The van der Waals surface area contributed by atoms with Crippen LogP contribution in [0.3, 0.4) is 0 Å². The third-order valence-corrected chi connectivity index (χ3v) is 3.76. The summed E-state index contributed by atoms with van der Waals surface area (Å²) in [5.41, 5.74) is 1.53. The van der Waals surface area contributed by atoms with E-state index in [0.717, 1.165) is 6.54 Å². The van der Waals surface area contributed by atoms with E-state index in [4.69, 9.17) is 0 Å². The SMILES string of the molecule is CCN1CCC=C(C)C1.CCN1CCNC(C)C1. The van der Waals surface area contributed by atoms with Crippen molar-refractivity contribution in [2.24, 2.45) is 0 Å². The summed E-state index contributed by atoms with van der Waals surface area (Å²) in [6.45, 7) is 17.3. The smallest absolute Gasteiger partial charge is 0.0190 e. The van der Waals surface area contributed by atoms with Crippen LogP contribution in [-0.2, 0) is 0 Å². The molecular weight excluding hydrogens is 222 g/mol. The first-order valence-corrected chi connectivity index (χ1v) is 7.49. The van der Waals surface area contributed by atoms with E-state index in [9.17, 15) is 0 Å². The lowest BCUT2D eigenvalue weighted by Gasteiger charge is -2.30. The Balaban J connectivity index is 0.000000180. The van der Waals surface area contributed by atoms with Crippen LogP contribution in [0.2, 0.25) is 0 Å². The normalized spacial score (nSPS) is 26.2. The van der Waals surface area contributed by atoms with E-state index >= 15 is 0 Å². The van der Waals surface area contributed by atoms with Crippen molar-refractivity contribution in [1.29, 1.82) is 0 Å². The minimum absolute atomic E-state index is 0.693. The second-order valence-electron chi connectivity index (χ2n) is 5.46. The van der Waals surface area contributed by atoms with Crippen LogP contribution in [0, 0.1) is 0 Å². The molecule has 18 heavy (non-hydrogen) atoms. The minimum Gasteiger partial charge on any atom is -0.312 e. The molecule has 1 saturated heterocycles. The molecule has 0 bridgehead atoms. The lowest BCUT2D eigenvalue weighted by molar-refractivity contribution is 0.217. The lowest BCUT2D eigenvalue weighted by atomic mass is 10.1. The van der Waals surface area contributed by atoms with Crippen molar-refractivity contribution in [1.82, 2.24) is 15.1 Å². The molecule has 0 aromatic rings. The second kappa shape index (κ2) is 8.68. The molecule has 3 nitrogen and oxygen atoms in total. The predicted molar refractivity (Wildman–Crippen MR) is 80.1 cm³/mol. The summed E-state index contributed by atoms with van der Waals surface area (Å²) in [7, 11) is 0. The number of piperazine rings is 1. The van der Waals surface area contributed by atoms with Crippen LogP contribution in [0.4, 0.5) is 0 Å². The van der Waals surface area contributed by atoms with Gasteiger partial charge in [0.25, 0.3) is 0 Å². The summed E-state index contributed by atoms with van der Waals surface area (Å²) in [5.74, 6) is 0. The van der Waals surface area contributed by atoms with Crippen LogP contribution in [0.25, 0.3) is 0 Å². The average Bonchev–Trinajstić information content (AvgIpc) is 2.39. The van der Waals surface area contributed by atoms with Gasteiger partial charge in [-0.15, -0.1) is 0 Å². The standard InChI is InChI=1S/C8H15N.C7H16N2/c1-3-9-6-4-5-8(2)7-9;1-3-9-5-4-8-7(2)6-9/h5H,3-4,6-7H2,1-2H3;7-8H,3-6H2,1-2H3. The summed E-state index contributed by atoms with van der Waals surface area (Å²) in [5, 5.41) is 3.40. The Hall–Kier alpha value is -0.380. The highest BCUT2D eigenvalue weighted by Crippen LogP contribution is 2.06. The van der Waals surface area contributed by atoms with Crippen LogP contribution in [0.15, 0.2) is 11.6 Å². The van der Waals surface area contributed by atoms with Gasteiger partial charge in [-0.1, -0.05) is 25.5 Å². The van der Waals surface area contributed by atoms with Gasteiger partial charge in [0, 0.05) is 38.8 Å². The third-order valence-electron chi connectivity index (χ3n) is 3.76. The maximum absolute atomic E-state index is 3.40. The van der Waals surface area contributed by atoms with Gasteiger partial charge in [-0.05, 0) is 33.4 Å². The van der Waals surface area contributed by atoms with Crippen LogP contribution in [-0.4, -0.2) is 61.7 Å². The van der Waals surface area contributed by atoms with Gasteiger partial charge in [0.05, 0.1) is 0 Å². The Morgan fingerprint density at radius 3 is 2.39 bits per heavy atom. The summed E-state index contributed by atoms with van der Waals surface area (Å²) < 4.78 is 0. The number of hydrogen-bond donors (Lipinski definition) is 1. The van der Waals surface area contributed by atoms with Crippen molar-refractivity contribution < 1.29 is 0 Å². The maximum atomic E-state index is 3.40. The van der Waals surface area contributed by atoms with Crippen molar-refractivity contribution in [2.75, 3.05) is 45.8 Å². The molecule has 0 aromatic heterocycles. The summed E-state index contributed by atoms with van der Waals surface area (Å²) in [6, 6.07) is 0.693.